The van der Waals surface area contributed by atoms with Gasteiger partial charge in [-0.1, -0.05) is 60.5 Å². The highest BCUT2D eigenvalue weighted by molar-refractivity contribution is 7.40. The monoisotopic (exact) mass is 850 g/mol. The largest absolute Gasteiger partial charge is 0.400 e. The van der Waals surface area contributed by atoms with Crippen LogP contribution in [0.2, 0.25) is 0 Å². The first-order valence-corrected chi connectivity index (χ1v) is 21.0. The molecular weight excluding hydrogens is 783 g/mol. The lowest BCUT2D eigenvalue weighted by Gasteiger charge is -2.26. The molecule has 1 aromatic heterocycles. The first-order chi connectivity index (χ1) is 28.9. The van der Waals surface area contributed by atoms with Crippen molar-refractivity contribution in [3.05, 3.63) is 54.1 Å². The number of nitrogens with one attached hydrogen (secondary N) is 2. The zero-order valence-electron chi connectivity index (χ0n) is 35.5. The van der Waals surface area contributed by atoms with E-state index in [9.17, 15) is 14.4 Å². The Morgan fingerprint density at radius 1 is 0.797 bits per heavy atom. The number of ether oxygens (including phenoxy) is 4. The van der Waals surface area contributed by atoms with E-state index in [1.807, 2.05) is 24.8 Å². The average molecular weight is 851 g/mol. The van der Waals surface area contributed by atoms with Crippen LogP contribution in [0.1, 0.15) is 50.5 Å². The van der Waals surface area contributed by atoms with Crippen molar-refractivity contribution in [1.29, 1.82) is 0 Å². The lowest BCUT2D eigenvalue weighted by Crippen LogP contribution is -2.24. The molecule has 59 heavy (non-hydrogen) atoms. The Kier molecular flexibility index (Phi) is 32.6. The van der Waals surface area contributed by atoms with Gasteiger partial charge in [0.2, 0.25) is 5.91 Å². The summed E-state index contributed by atoms with van der Waals surface area (Å²) >= 11 is 0. The fourth-order valence-electron chi connectivity index (χ4n) is 5.48. The molecule has 17 nitrogen and oxygen atoms in total. The number of aldehydes is 2. The SMILES string of the molecule is CN1Cc2ccccc2-c2nnn(CCOCCOCCOCCOCCC=O)c2-c2ccccc21.CNC.CO.COP(O)OCCCCCCNC(=O)CCC=O. The normalized spacial score (nSPS) is 11.7. The standard InChI is InChI=1S/C27H34N4O5.C11H22NO5P.C2H7N.CH4O/c1-30-21-22-7-2-3-8-23(22)26-27(24-9-4-5-10-25(24)30)31(29-28-26)11-14-34-16-18-36-20-19-35-17-15-33-13-6-12-32;1-16-18(15)17-10-5-3-2-4-8-12-11(14)7-6-9-13;1-3-2;1-2/h2-5,7-10,12H,6,11,13-21H2,1H3;9,15H,2-8,10H2,1H3,(H,12,14);3H,1-2H3;2H,1H3. The summed E-state index contributed by atoms with van der Waals surface area (Å²) in [4.78, 5) is 42.6. The molecule has 2 aromatic carbocycles. The quantitative estimate of drug-likeness (QED) is 0.0483. The van der Waals surface area contributed by atoms with Crippen molar-refractivity contribution >= 4 is 32.8 Å². The number of nitrogens with zero attached hydrogens (tertiary/aromatic N) is 4. The molecule has 0 saturated heterocycles. The first-order valence-electron chi connectivity index (χ1n) is 19.9. The van der Waals surface area contributed by atoms with Crippen molar-refractivity contribution < 1.29 is 52.4 Å². The molecule has 4 N–H and O–H groups in total. The molecule has 4 rings (SSSR count). The Morgan fingerprint density at radius 3 is 2.02 bits per heavy atom. The number of carbonyl (C=O) groups is 3. The summed E-state index contributed by atoms with van der Waals surface area (Å²) in [5.74, 6) is -0.0727. The van der Waals surface area contributed by atoms with Gasteiger partial charge in [0.05, 0.1) is 71.7 Å². The summed E-state index contributed by atoms with van der Waals surface area (Å²) in [6.45, 7) is 6.44. The van der Waals surface area contributed by atoms with E-state index in [-0.39, 0.29) is 18.7 Å². The summed E-state index contributed by atoms with van der Waals surface area (Å²) < 4.78 is 33.5. The highest BCUT2D eigenvalue weighted by Crippen LogP contribution is 2.40. The van der Waals surface area contributed by atoms with Gasteiger partial charge in [0, 0.05) is 70.4 Å². The third-order valence-corrected chi connectivity index (χ3v) is 8.89. The van der Waals surface area contributed by atoms with Crippen LogP contribution in [0, 0.1) is 0 Å². The zero-order valence-corrected chi connectivity index (χ0v) is 36.4. The van der Waals surface area contributed by atoms with Crippen LogP contribution in [-0.2, 0) is 55.5 Å². The number of para-hydroxylation sites is 1. The van der Waals surface area contributed by atoms with E-state index in [1.165, 1.54) is 12.7 Å². The number of aliphatic hydroxyl groups is 1. The third-order valence-electron chi connectivity index (χ3n) is 8.17. The number of aliphatic hydroxyl groups excluding tert-OH is 1. The summed E-state index contributed by atoms with van der Waals surface area (Å²) in [5.41, 5.74) is 6.53. The Labute approximate surface area is 351 Å². The van der Waals surface area contributed by atoms with Gasteiger partial charge in [-0.05, 0) is 38.6 Å². The summed E-state index contributed by atoms with van der Waals surface area (Å²) in [6.07, 6.45) is 6.31. The van der Waals surface area contributed by atoms with Crippen molar-refractivity contribution in [2.45, 2.75) is 58.0 Å². The molecule has 0 saturated carbocycles. The van der Waals surface area contributed by atoms with Crippen molar-refractivity contribution in [1.82, 2.24) is 25.6 Å². The van der Waals surface area contributed by atoms with Crippen molar-refractivity contribution in [3.63, 3.8) is 0 Å². The summed E-state index contributed by atoms with van der Waals surface area (Å²) in [5, 5.41) is 21.6. The van der Waals surface area contributed by atoms with Crippen LogP contribution in [0.15, 0.2) is 48.5 Å². The van der Waals surface area contributed by atoms with Gasteiger partial charge < -0.3 is 63.1 Å². The van der Waals surface area contributed by atoms with E-state index in [0.717, 1.165) is 80.1 Å². The van der Waals surface area contributed by atoms with Crippen LogP contribution in [0.4, 0.5) is 5.69 Å². The van der Waals surface area contributed by atoms with Gasteiger partial charge in [-0.15, -0.1) is 5.10 Å². The molecule has 0 spiro atoms. The number of benzene rings is 2. The minimum absolute atomic E-state index is 0.0727. The number of amides is 1. The second-order valence-corrected chi connectivity index (χ2v) is 13.8. The number of hydrogen-bond acceptors (Lipinski definition) is 15. The topological polar surface area (TPSA) is 205 Å². The van der Waals surface area contributed by atoms with E-state index in [0.29, 0.717) is 79.0 Å². The number of rotatable bonds is 27. The highest BCUT2D eigenvalue weighted by Gasteiger charge is 2.25. The zero-order chi connectivity index (χ0) is 43.4. The molecular formula is C41H67N6O11P. The molecule has 0 radical (unpaired) electrons. The van der Waals surface area contributed by atoms with E-state index >= 15 is 0 Å². The molecule has 18 heteroatoms. The molecule has 2 heterocycles. The molecule has 1 atom stereocenters. The van der Waals surface area contributed by atoms with E-state index in [1.54, 1.807) is 0 Å². The Bertz CT molecular complexity index is 1520. The number of anilines is 1. The van der Waals surface area contributed by atoms with Crippen LogP contribution in [0.25, 0.3) is 22.5 Å². The third kappa shape index (κ3) is 23.0. The smallest absolute Gasteiger partial charge is 0.329 e. The molecule has 1 aliphatic heterocycles. The number of aromatic nitrogens is 3. The predicted molar refractivity (Wildman–Crippen MR) is 229 cm³/mol. The van der Waals surface area contributed by atoms with Crippen LogP contribution in [0.3, 0.4) is 0 Å². The van der Waals surface area contributed by atoms with Crippen LogP contribution in [0.5, 0.6) is 0 Å². The maximum atomic E-state index is 11.1. The van der Waals surface area contributed by atoms with Gasteiger partial charge in [0.1, 0.15) is 18.3 Å². The van der Waals surface area contributed by atoms with Crippen molar-refractivity contribution in [2.75, 3.05) is 106 Å². The maximum Gasteiger partial charge on any atom is 0.329 e. The minimum atomic E-state index is -1.71. The van der Waals surface area contributed by atoms with E-state index in [4.69, 9.17) is 33.5 Å². The van der Waals surface area contributed by atoms with Crippen LogP contribution in [-0.4, -0.2) is 145 Å². The molecule has 0 bridgehead atoms. The fourth-order valence-corrected chi connectivity index (χ4v) is 5.87. The molecule has 332 valence electrons. The second-order valence-electron chi connectivity index (χ2n) is 12.7. The van der Waals surface area contributed by atoms with Gasteiger partial charge >= 0.3 is 8.60 Å². The molecule has 1 unspecified atom stereocenters. The first kappa shape index (κ1) is 53.3. The van der Waals surface area contributed by atoms with Crippen molar-refractivity contribution in [3.8, 4) is 22.5 Å². The Hall–Kier alpha value is -3.74. The average Bonchev–Trinajstić information content (AvgIpc) is 3.67. The molecule has 0 fully saturated rings. The maximum absolute atomic E-state index is 11.1. The fraction of sp³-hybridized carbons (Fsp3) is 0.585. The van der Waals surface area contributed by atoms with Crippen molar-refractivity contribution in [2.24, 2.45) is 0 Å². The molecule has 1 aliphatic rings. The predicted octanol–water partition coefficient (Wildman–Crippen LogP) is 4.19. The van der Waals surface area contributed by atoms with E-state index in [2.05, 4.69) is 79.9 Å². The number of unbranched alkanes of at least 4 members (excludes halogenated alkanes) is 3. The number of fused-ring (bicyclic) bond motifs is 5. The number of carbonyl (C=O) groups excluding carboxylic acids is 3. The summed E-state index contributed by atoms with van der Waals surface area (Å²) in [7, 11) is 6.56. The molecule has 1 amide bonds. The highest BCUT2D eigenvalue weighted by atomic mass is 31.2. The molecule has 0 aliphatic carbocycles. The number of hydrogen-bond donors (Lipinski definition) is 4. The van der Waals surface area contributed by atoms with Gasteiger partial charge in [-0.3, -0.25) is 4.79 Å². The van der Waals surface area contributed by atoms with Gasteiger partial charge in [0.15, 0.2) is 0 Å². The molecule has 3 aromatic rings. The minimum Gasteiger partial charge on any atom is -0.400 e. The second kappa shape index (κ2) is 36.1. The van der Waals surface area contributed by atoms with Gasteiger partial charge in [0.25, 0.3) is 0 Å². The van der Waals surface area contributed by atoms with E-state index < -0.39 is 8.60 Å². The van der Waals surface area contributed by atoms with Crippen LogP contribution < -0.4 is 15.5 Å². The Morgan fingerprint density at radius 2 is 1.37 bits per heavy atom. The Balaban J connectivity index is 0.000000638. The lowest BCUT2D eigenvalue weighted by atomic mass is 9.96. The van der Waals surface area contributed by atoms with Crippen LogP contribution >= 0.6 is 8.60 Å². The summed E-state index contributed by atoms with van der Waals surface area (Å²) in [6, 6.07) is 16.8. The van der Waals surface area contributed by atoms with Gasteiger partial charge in [-0.25, -0.2) is 4.68 Å². The van der Waals surface area contributed by atoms with Gasteiger partial charge in [-0.2, -0.15) is 0 Å². The lowest BCUT2D eigenvalue weighted by molar-refractivity contribution is -0.122.